The number of hydrogen-bond acceptors (Lipinski definition) is 5. The van der Waals surface area contributed by atoms with Crippen LogP contribution < -0.4 is 10.2 Å². The van der Waals surface area contributed by atoms with E-state index in [1.54, 1.807) is 4.90 Å². The van der Waals surface area contributed by atoms with Gasteiger partial charge in [0.2, 0.25) is 5.91 Å². The summed E-state index contributed by atoms with van der Waals surface area (Å²) in [5, 5.41) is 2.97. The van der Waals surface area contributed by atoms with Gasteiger partial charge in [-0.1, -0.05) is 18.2 Å². The second-order valence-corrected chi connectivity index (χ2v) is 7.25. The molecule has 140 valence electrons. The third kappa shape index (κ3) is 3.11. The Morgan fingerprint density at radius 2 is 2.04 bits per heavy atom. The zero-order valence-electron chi connectivity index (χ0n) is 14.9. The van der Waals surface area contributed by atoms with Crippen LogP contribution in [0.4, 0.5) is 10.5 Å². The number of benzene rings is 1. The zero-order chi connectivity index (χ0) is 18.0. The van der Waals surface area contributed by atoms with Crippen molar-refractivity contribution in [1.29, 1.82) is 0 Å². The van der Waals surface area contributed by atoms with E-state index in [0.717, 1.165) is 18.7 Å². The quantitative estimate of drug-likeness (QED) is 0.887. The predicted octanol–water partition coefficient (Wildman–Crippen LogP) is 1.59. The van der Waals surface area contributed by atoms with Gasteiger partial charge >= 0.3 is 6.09 Å². The minimum absolute atomic E-state index is 0.0532. The highest BCUT2D eigenvalue weighted by Crippen LogP contribution is 2.36. The van der Waals surface area contributed by atoms with E-state index in [0.29, 0.717) is 51.7 Å². The molecular formula is C19H25N3O4. The van der Waals surface area contributed by atoms with Gasteiger partial charge in [-0.15, -0.1) is 0 Å². The second-order valence-electron chi connectivity index (χ2n) is 7.25. The number of hydrogen-bond donors (Lipinski definition) is 1. The van der Waals surface area contributed by atoms with E-state index >= 15 is 0 Å². The summed E-state index contributed by atoms with van der Waals surface area (Å²) >= 11 is 0. The summed E-state index contributed by atoms with van der Waals surface area (Å²) in [6.07, 6.45) is 1.88. The summed E-state index contributed by atoms with van der Waals surface area (Å²) in [4.78, 5) is 28.8. The minimum atomic E-state index is -0.572. The van der Waals surface area contributed by atoms with Gasteiger partial charge in [0.05, 0.1) is 19.9 Å². The van der Waals surface area contributed by atoms with Crippen molar-refractivity contribution < 1.29 is 19.1 Å². The molecule has 1 atom stereocenters. The van der Waals surface area contributed by atoms with E-state index in [1.165, 1.54) is 0 Å². The van der Waals surface area contributed by atoms with Crippen LogP contribution in [0.25, 0.3) is 0 Å². The summed E-state index contributed by atoms with van der Waals surface area (Å²) in [7, 11) is 0. The molecular weight excluding hydrogens is 334 g/mol. The van der Waals surface area contributed by atoms with Crippen molar-refractivity contribution in [3.05, 3.63) is 30.3 Å². The fourth-order valence-corrected chi connectivity index (χ4v) is 4.09. The molecule has 1 aromatic rings. The van der Waals surface area contributed by atoms with E-state index in [1.807, 2.05) is 30.3 Å². The first-order valence-electron chi connectivity index (χ1n) is 9.29. The average molecular weight is 359 g/mol. The maximum atomic E-state index is 12.6. The maximum absolute atomic E-state index is 12.6. The van der Waals surface area contributed by atoms with Crippen LogP contribution in [0, 0.1) is 5.92 Å². The fraction of sp³-hybridized carbons (Fsp3) is 0.579. The summed E-state index contributed by atoms with van der Waals surface area (Å²) in [6, 6.07) is 9.96. The molecule has 0 bridgehead atoms. The molecule has 7 nitrogen and oxygen atoms in total. The monoisotopic (exact) mass is 359 g/mol. The van der Waals surface area contributed by atoms with E-state index < -0.39 is 5.54 Å². The van der Waals surface area contributed by atoms with Gasteiger partial charge in [0.15, 0.2) is 0 Å². The van der Waals surface area contributed by atoms with Crippen LogP contribution in [0.5, 0.6) is 0 Å². The second kappa shape index (κ2) is 7.15. The average Bonchev–Trinajstić information content (AvgIpc) is 3.30. The summed E-state index contributed by atoms with van der Waals surface area (Å²) in [5.74, 6) is 0.363. The molecule has 7 heteroatoms. The van der Waals surface area contributed by atoms with Gasteiger partial charge in [0.1, 0.15) is 5.54 Å². The Balaban J connectivity index is 1.38. The van der Waals surface area contributed by atoms with Crippen LogP contribution in [-0.2, 0) is 14.3 Å². The zero-order valence-corrected chi connectivity index (χ0v) is 14.9. The lowest BCUT2D eigenvalue weighted by Gasteiger charge is -2.43. The molecule has 3 fully saturated rings. The molecule has 2 amide bonds. The molecule has 3 aliphatic rings. The lowest BCUT2D eigenvalue weighted by atomic mass is 9.86. The number of likely N-dealkylation sites (tertiary alicyclic amines) is 1. The Hall–Kier alpha value is -2.28. The smallest absolute Gasteiger partial charge is 0.409 e. The molecule has 3 aliphatic heterocycles. The van der Waals surface area contributed by atoms with Crippen molar-refractivity contribution in [1.82, 2.24) is 10.2 Å². The van der Waals surface area contributed by atoms with Crippen LogP contribution in [0.3, 0.4) is 0 Å². The number of rotatable bonds is 3. The topological polar surface area (TPSA) is 71.1 Å². The normalized spacial score (nSPS) is 24.8. The van der Waals surface area contributed by atoms with Crippen LogP contribution in [0.1, 0.15) is 19.3 Å². The molecule has 26 heavy (non-hydrogen) atoms. The summed E-state index contributed by atoms with van der Waals surface area (Å²) in [6.45, 7) is 3.39. The number of piperidine rings is 1. The van der Waals surface area contributed by atoms with Gasteiger partial charge in [0.25, 0.3) is 0 Å². The lowest BCUT2D eigenvalue weighted by molar-refractivity contribution is -0.125. The lowest BCUT2D eigenvalue weighted by Crippen LogP contribution is -2.57. The van der Waals surface area contributed by atoms with Crippen molar-refractivity contribution in [3.63, 3.8) is 0 Å². The number of amides is 2. The van der Waals surface area contributed by atoms with Gasteiger partial charge in [-0.2, -0.15) is 0 Å². The molecule has 1 N–H and O–H groups in total. The van der Waals surface area contributed by atoms with Crippen LogP contribution in [0.2, 0.25) is 0 Å². The first kappa shape index (κ1) is 17.1. The van der Waals surface area contributed by atoms with Crippen molar-refractivity contribution in [2.75, 3.05) is 44.5 Å². The van der Waals surface area contributed by atoms with Gasteiger partial charge in [-0.05, 0) is 31.4 Å². The molecule has 0 aliphatic carbocycles. The number of para-hydroxylation sites is 1. The SMILES string of the molecule is O=C(OCC1CCOC1)N1CCC2(CC1)C(=O)NCN2c1ccccc1. The molecule has 3 saturated heterocycles. The van der Waals surface area contributed by atoms with E-state index in [2.05, 4.69) is 10.2 Å². The maximum Gasteiger partial charge on any atom is 0.409 e. The fourth-order valence-electron chi connectivity index (χ4n) is 4.09. The van der Waals surface area contributed by atoms with Crippen LogP contribution in [0.15, 0.2) is 30.3 Å². The van der Waals surface area contributed by atoms with E-state index in [4.69, 9.17) is 9.47 Å². The Labute approximate surface area is 153 Å². The molecule has 1 unspecified atom stereocenters. The third-order valence-electron chi connectivity index (χ3n) is 5.72. The molecule has 3 heterocycles. The standard InChI is InChI=1S/C19H25N3O4/c23-17-19(22(14-20-17)16-4-2-1-3-5-16)7-9-21(10-8-19)18(24)26-13-15-6-11-25-12-15/h1-5,15H,6-14H2,(H,20,23). The van der Waals surface area contributed by atoms with Gasteiger partial charge in [0, 0.05) is 31.3 Å². The van der Waals surface area contributed by atoms with Crippen LogP contribution in [-0.4, -0.2) is 62.0 Å². The number of carbonyl (C=O) groups excluding carboxylic acids is 2. The third-order valence-corrected chi connectivity index (χ3v) is 5.72. The van der Waals surface area contributed by atoms with Crippen molar-refractivity contribution in [2.45, 2.75) is 24.8 Å². The first-order valence-corrected chi connectivity index (χ1v) is 9.29. The van der Waals surface area contributed by atoms with Crippen LogP contribution >= 0.6 is 0 Å². The van der Waals surface area contributed by atoms with Crippen molar-refractivity contribution in [3.8, 4) is 0 Å². The first-order chi connectivity index (χ1) is 12.7. The summed E-state index contributed by atoms with van der Waals surface area (Å²) < 4.78 is 10.8. The highest BCUT2D eigenvalue weighted by molar-refractivity contribution is 5.93. The number of nitrogens with zero attached hydrogens (tertiary/aromatic N) is 2. The Kier molecular flexibility index (Phi) is 4.72. The van der Waals surface area contributed by atoms with Gasteiger partial charge in [-0.3, -0.25) is 4.79 Å². The molecule has 1 spiro atoms. The molecule has 0 radical (unpaired) electrons. The highest BCUT2D eigenvalue weighted by Gasteiger charge is 2.51. The Bertz CT molecular complexity index is 652. The van der Waals surface area contributed by atoms with Crippen molar-refractivity contribution >= 4 is 17.7 Å². The molecule has 4 rings (SSSR count). The number of ether oxygens (including phenoxy) is 2. The number of nitrogens with one attached hydrogen (secondary N) is 1. The Morgan fingerprint density at radius 1 is 1.27 bits per heavy atom. The predicted molar refractivity (Wildman–Crippen MR) is 95.7 cm³/mol. The van der Waals surface area contributed by atoms with E-state index in [9.17, 15) is 9.59 Å². The van der Waals surface area contributed by atoms with Gasteiger partial charge < -0.3 is 24.6 Å². The number of carbonyl (C=O) groups is 2. The largest absolute Gasteiger partial charge is 0.449 e. The molecule has 1 aromatic carbocycles. The summed E-state index contributed by atoms with van der Waals surface area (Å²) in [5.41, 5.74) is 0.459. The Morgan fingerprint density at radius 3 is 2.73 bits per heavy atom. The van der Waals surface area contributed by atoms with Crippen molar-refractivity contribution in [2.24, 2.45) is 5.92 Å². The number of anilines is 1. The minimum Gasteiger partial charge on any atom is -0.449 e. The molecule has 0 saturated carbocycles. The van der Waals surface area contributed by atoms with E-state index in [-0.39, 0.29) is 12.0 Å². The molecule has 0 aromatic heterocycles. The highest BCUT2D eigenvalue weighted by atomic mass is 16.6. The van der Waals surface area contributed by atoms with Gasteiger partial charge in [-0.25, -0.2) is 4.79 Å².